The van der Waals surface area contributed by atoms with Crippen molar-refractivity contribution in [3.05, 3.63) is 48.2 Å². The van der Waals surface area contributed by atoms with Gasteiger partial charge in [0.15, 0.2) is 0 Å². The molecule has 2 saturated heterocycles. The number of nitrogens with one attached hydrogen (secondary N) is 1. The number of nitrogens with zero attached hydrogens (tertiary/aromatic N) is 3. The number of hydrogen-bond donors (Lipinski definition) is 1. The Kier molecular flexibility index (Phi) is 7.15. The molecular formula is C23H32N4O3. The normalized spacial score (nSPS) is 23.4. The van der Waals surface area contributed by atoms with Crippen molar-refractivity contribution in [1.29, 1.82) is 0 Å². The van der Waals surface area contributed by atoms with Crippen molar-refractivity contribution in [2.75, 3.05) is 31.6 Å². The Bertz CT molecular complexity index is 804. The van der Waals surface area contributed by atoms with Crippen molar-refractivity contribution in [2.24, 2.45) is 0 Å². The third-order valence-electron chi connectivity index (χ3n) is 5.94. The lowest BCUT2D eigenvalue weighted by molar-refractivity contribution is -0.130. The Morgan fingerprint density at radius 3 is 2.93 bits per heavy atom. The summed E-state index contributed by atoms with van der Waals surface area (Å²) in [4.78, 5) is 15.1. The number of anilines is 1. The Hall–Kier alpha value is -2.22. The molecule has 30 heavy (non-hydrogen) atoms. The van der Waals surface area contributed by atoms with E-state index in [4.69, 9.17) is 9.47 Å². The SMILES string of the molecule is C[C@H](OC[C@H]1CCCCO1)C(=O)Nc1ccnn1[C@H]1CCN(Cc2ccccc2)C1. The van der Waals surface area contributed by atoms with Crippen LogP contribution in [0.25, 0.3) is 0 Å². The third kappa shape index (κ3) is 5.47. The summed E-state index contributed by atoms with van der Waals surface area (Å²) in [5, 5.41) is 7.48. The van der Waals surface area contributed by atoms with Gasteiger partial charge in [0.05, 0.1) is 24.9 Å². The monoisotopic (exact) mass is 412 g/mol. The summed E-state index contributed by atoms with van der Waals surface area (Å²) >= 11 is 0. The van der Waals surface area contributed by atoms with Gasteiger partial charge in [-0.15, -0.1) is 0 Å². The van der Waals surface area contributed by atoms with Crippen molar-refractivity contribution in [1.82, 2.24) is 14.7 Å². The van der Waals surface area contributed by atoms with Gasteiger partial charge >= 0.3 is 0 Å². The van der Waals surface area contributed by atoms with Crippen molar-refractivity contribution >= 4 is 11.7 Å². The molecule has 2 aliphatic rings. The molecule has 7 nitrogen and oxygen atoms in total. The molecule has 3 atom stereocenters. The second-order valence-electron chi connectivity index (χ2n) is 8.28. The van der Waals surface area contributed by atoms with Gasteiger partial charge in [-0.1, -0.05) is 30.3 Å². The maximum atomic E-state index is 12.6. The van der Waals surface area contributed by atoms with Crippen LogP contribution < -0.4 is 5.32 Å². The summed E-state index contributed by atoms with van der Waals surface area (Å²) in [5.41, 5.74) is 1.32. The fourth-order valence-corrected chi connectivity index (χ4v) is 4.20. The molecule has 0 bridgehead atoms. The highest BCUT2D eigenvalue weighted by Gasteiger charge is 2.27. The standard InChI is InChI=1S/C23H32N4O3/c1-18(30-17-21-9-5-6-14-29-21)23(28)25-22-10-12-24-27(22)20-11-13-26(16-20)15-19-7-3-2-4-8-19/h2-4,7-8,10,12,18,20-21H,5-6,9,11,13-17H2,1H3,(H,25,28)/t18-,20-,21+/m0/s1. The van der Waals surface area contributed by atoms with Gasteiger partial charge in [-0.05, 0) is 38.2 Å². The first-order chi connectivity index (χ1) is 14.7. The van der Waals surface area contributed by atoms with Crippen LogP contribution in [0.3, 0.4) is 0 Å². The number of carbonyl (C=O) groups excluding carboxylic acids is 1. The van der Waals surface area contributed by atoms with E-state index >= 15 is 0 Å². The first kappa shape index (κ1) is 21.0. The molecule has 4 rings (SSSR count). The minimum Gasteiger partial charge on any atom is -0.376 e. The van der Waals surface area contributed by atoms with E-state index in [0.29, 0.717) is 6.61 Å². The van der Waals surface area contributed by atoms with Gasteiger partial charge in [0, 0.05) is 32.3 Å². The van der Waals surface area contributed by atoms with Gasteiger partial charge in [0.1, 0.15) is 11.9 Å². The minimum absolute atomic E-state index is 0.105. The highest BCUT2D eigenvalue weighted by atomic mass is 16.5. The first-order valence-corrected chi connectivity index (χ1v) is 11.0. The molecule has 1 aromatic heterocycles. The zero-order valence-electron chi connectivity index (χ0n) is 17.7. The molecule has 0 aliphatic carbocycles. The van der Waals surface area contributed by atoms with Crippen LogP contribution in [0.5, 0.6) is 0 Å². The fourth-order valence-electron chi connectivity index (χ4n) is 4.20. The minimum atomic E-state index is -0.531. The molecule has 7 heteroatoms. The molecule has 0 saturated carbocycles. The largest absolute Gasteiger partial charge is 0.376 e. The highest BCUT2D eigenvalue weighted by molar-refractivity contribution is 5.93. The van der Waals surface area contributed by atoms with E-state index in [-0.39, 0.29) is 18.1 Å². The van der Waals surface area contributed by atoms with Gasteiger partial charge in [-0.2, -0.15) is 5.10 Å². The van der Waals surface area contributed by atoms with Gasteiger partial charge in [-0.3, -0.25) is 9.69 Å². The van der Waals surface area contributed by atoms with E-state index in [1.165, 1.54) is 5.56 Å². The van der Waals surface area contributed by atoms with E-state index in [0.717, 1.165) is 57.7 Å². The summed E-state index contributed by atoms with van der Waals surface area (Å²) in [5.74, 6) is 0.586. The highest BCUT2D eigenvalue weighted by Crippen LogP contribution is 2.26. The molecule has 0 radical (unpaired) electrons. The number of aromatic nitrogens is 2. The number of ether oxygens (including phenoxy) is 2. The molecule has 1 aromatic carbocycles. The van der Waals surface area contributed by atoms with Crippen LogP contribution in [0, 0.1) is 0 Å². The summed E-state index contributed by atoms with van der Waals surface area (Å²) in [7, 11) is 0. The maximum Gasteiger partial charge on any atom is 0.254 e. The lowest BCUT2D eigenvalue weighted by atomic mass is 10.1. The van der Waals surface area contributed by atoms with E-state index in [2.05, 4.69) is 39.6 Å². The fraction of sp³-hybridized carbons (Fsp3) is 0.565. The van der Waals surface area contributed by atoms with Crippen LogP contribution in [-0.4, -0.2) is 59.1 Å². The lowest BCUT2D eigenvalue weighted by Crippen LogP contribution is -2.33. The van der Waals surface area contributed by atoms with Crippen molar-refractivity contribution in [2.45, 2.75) is 57.4 Å². The third-order valence-corrected chi connectivity index (χ3v) is 5.94. The smallest absolute Gasteiger partial charge is 0.254 e. The number of hydrogen-bond acceptors (Lipinski definition) is 5. The second-order valence-corrected chi connectivity index (χ2v) is 8.28. The molecule has 2 fully saturated rings. The quantitative estimate of drug-likeness (QED) is 0.721. The predicted molar refractivity (Wildman–Crippen MR) is 115 cm³/mol. The number of benzene rings is 1. The van der Waals surface area contributed by atoms with Gasteiger partial charge in [0.2, 0.25) is 0 Å². The number of amides is 1. The molecule has 1 amide bonds. The number of likely N-dealkylation sites (tertiary alicyclic amines) is 1. The van der Waals surface area contributed by atoms with Crippen LogP contribution in [0.15, 0.2) is 42.6 Å². The number of carbonyl (C=O) groups is 1. The van der Waals surface area contributed by atoms with E-state index in [1.807, 2.05) is 16.8 Å². The molecule has 162 valence electrons. The van der Waals surface area contributed by atoms with Crippen molar-refractivity contribution < 1.29 is 14.3 Å². The Labute approximate surface area is 178 Å². The average Bonchev–Trinajstić information content (AvgIpc) is 3.42. The van der Waals surface area contributed by atoms with Crippen LogP contribution in [0.1, 0.15) is 44.2 Å². The zero-order chi connectivity index (χ0) is 20.8. The maximum absolute atomic E-state index is 12.6. The first-order valence-electron chi connectivity index (χ1n) is 11.0. The van der Waals surface area contributed by atoms with Crippen LogP contribution in [0.2, 0.25) is 0 Å². The molecule has 0 spiro atoms. The van der Waals surface area contributed by atoms with Crippen LogP contribution >= 0.6 is 0 Å². The summed E-state index contributed by atoms with van der Waals surface area (Å²) in [6.45, 7) is 5.92. The topological polar surface area (TPSA) is 68.6 Å². The molecule has 2 aliphatic heterocycles. The summed E-state index contributed by atoms with van der Waals surface area (Å²) < 4.78 is 13.4. The van der Waals surface area contributed by atoms with E-state index in [1.54, 1.807) is 13.1 Å². The van der Waals surface area contributed by atoms with Gasteiger partial charge in [-0.25, -0.2) is 4.68 Å². The Morgan fingerprint density at radius 1 is 1.27 bits per heavy atom. The van der Waals surface area contributed by atoms with Crippen LogP contribution in [0.4, 0.5) is 5.82 Å². The van der Waals surface area contributed by atoms with Gasteiger partial charge < -0.3 is 14.8 Å². The lowest BCUT2D eigenvalue weighted by Gasteiger charge is -2.24. The molecule has 3 heterocycles. The summed E-state index contributed by atoms with van der Waals surface area (Å²) in [6.07, 6.45) is 5.61. The zero-order valence-corrected chi connectivity index (χ0v) is 17.7. The number of rotatable bonds is 8. The van der Waals surface area contributed by atoms with E-state index in [9.17, 15) is 4.79 Å². The van der Waals surface area contributed by atoms with E-state index < -0.39 is 6.10 Å². The van der Waals surface area contributed by atoms with Crippen LogP contribution in [-0.2, 0) is 20.8 Å². The van der Waals surface area contributed by atoms with Crippen molar-refractivity contribution in [3.63, 3.8) is 0 Å². The Balaban J connectivity index is 1.28. The molecular weight excluding hydrogens is 380 g/mol. The molecule has 2 aromatic rings. The summed E-state index contributed by atoms with van der Waals surface area (Å²) in [6, 6.07) is 12.6. The molecule has 1 N–H and O–H groups in total. The second kappa shape index (κ2) is 10.2. The predicted octanol–water partition coefficient (Wildman–Crippen LogP) is 3.24. The molecule has 0 unspecified atom stereocenters. The van der Waals surface area contributed by atoms with Gasteiger partial charge in [0.25, 0.3) is 5.91 Å². The average molecular weight is 413 g/mol. The Morgan fingerprint density at radius 2 is 2.13 bits per heavy atom. The van der Waals surface area contributed by atoms with Crippen molar-refractivity contribution in [3.8, 4) is 0 Å².